The fourth-order valence-electron chi connectivity index (χ4n) is 4.84. The van der Waals surface area contributed by atoms with Gasteiger partial charge in [-0.25, -0.2) is 4.39 Å². The van der Waals surface area contributed by atoms with Crippen molar-refractivity contribution in [3.8, 4) is 28.7 Å². The number of anilines is 1. The van der Waals surface area contributed by atoms with Gasteiger partial charge in [0.2, 0.25) is 0 Å². The largest absolute Gasteiger partial charge is 0.573 e. The molecule has 1 aliphatic heterocycles. The van der Waals surface area contributed by atoms with Crippen LogP contribution in [0.3, 0.4) is 0 Å². The number of aromatic nitrogens is 1. The van der Waals surface area contributed by atoms with E-state index in [0.29, 0.717) is 46.2 Å². The van der Waals surface area contributed by atoms with Crippen molar-refractivity contribution in [2.24, 2.45) is 5.92 Å². The minimum absolute atomic E-state index is 0.00422. The van der Waals surface area contributed by atoms with E-state index in [0.717, 1.165) is 44.1 Å². The van der Waals surface area contributed by atoms with Crippen LogP contribution < -0.4 is 34.9 Å². The molecule has 2 heterocycles. The number of hydrogen-bond donors (Lipinski definition) is 3. The molecule has 0 saturated carbocycles. The van der Waals surface area contributed by atoms with Gasteiger partial charge in [0.05, 0.1) is 13.7 Å². The molecule has 1 aliphatic rings. The van der Waals surface area contributed by atoms with E-state index in [1.165, 1.54) is 37.6 Å². The molecule has 1 saturated heterocycles. The zero-order valence-corrected chi connectivity index (χ0v) is 24.6. The Kier molecular flexibility index (Phi) is 10.1. The zero-order chi connectivity index (χ0) is 32.7. The highest BCUT2D eigenvalue weighted by Crippen LogP contribution is 2.40. The third kappa shape index (κ3) is 8.33. The lowest BCUT2D eigenvalue weighted by atomic mass is 9.99. The first-order chi connectivity index (χ1) is 22.1. The van der Waals surface area contributed by atoms with Gasteiger partial charge in [-0.2, -0.15) is 0 Å². The summed E-state index contributed by atoms with van der Waals surface area (Å²) >= 11 is 0. The third-order valence-corrected chi connectivity index (χ3v) is 7.15. The number of benzene rings is 3. The molecule has 0 spiro atoms. The van der Waals surface area contributed by atoms with Crippen molar-refractivity contribution < 1.29 is 46.1 Å². The van der Waals surface area contributed by atoms with Crippen LogP contribution in [0.25, 0.3) is 10.9 Å². The summed E-state index contributed by atoms with van der Waals surface area (Å²) in [6.07, 6.45) is -1.27. The minimum Gasteiger partial charge on any atom is -0.491 e. The molecule has 0 aliphatic carbocycles. The lowest BCUT2D eigenvalue weighted by Gasteiger charge is -2.23. The summed E-state index contributed by atoms with van der Waals surface area (Å²) in [4.78, 5) is 29.0. The molecule has 3 N–H and O–H groups in total. The first kappa shape index (κ1) is 32.3. The molecule has 4 aromatic rings. The molecule has 242 valence electrons. The maximum Gasteiger partial charge on any atom is 0.573 e. The zero-order valence-electron chi connectivity index (χ0n) is 24.6. The van der Waals surface area contributed by atoms with Crippen LogP contribution in [0.2, 0.25) is 0 Å². The van der Waals surface area contributed by atoms with Gasteiger partial charge >= 0.3 is 18.2 Å². The van der Waals surface area contributed by atoms with E-state index >= 15 is 4.39 Å². The number of halogens is 4. The Morgan fingerprint density at radius 3 is 2.39 bits per heavy atom. The number of ether oxygens (including phenoxy) is 4. The van der Waals surface area contributed by atoms with Crippen LogP contribution in [-0.4, -0.2) is 50.0 Å². The van der Waals surface area contributed by atoms with Crippen LogP contribution in [0.5, 0.6) is 28.7 Å². The molecule has 46 heavy (non-hydrogen) atoms. The number of hydrogen-bond acceptors (Lipinski definition) is 8. The number of carbonyl (C=O) groups excluding carboxylic acids is 2. The molecule has 3 aromatic carbocycles. The predicted octanol–water partition coefficient (Wildman–Crippen LogP) is 5.71. The number of fused-ring (bicyclic) bond motifs is 1. The summed E-state index contributed by atoms with van der Waals surface area (Å²) in [5, 5.41) is 8.52. The highest BCUT2D eigenvalue weighted by atomic mass is 19.4. The molecule has 1 fully saturated rings. The van der Waals surface area contributed by atoms with Gasteiger partial charge in [0.25, 0.3) is 0 Å². The minimum atomic E-state index is -4.83. The number of amides is 2. The summed E-state index contributed by atoms with van der Waals surface area (Å²) in [5.74, 6) is -1.76. The van der Waals surface area contributed by atoms with Crippen molar-refractivity contribution in [2.45, 2.75) is 25.7 Å². The number of nitrogens with zero attached hydrogens (tertiary/aromatic N) is 1. The Bertz CT molecular complexity index is 1700. The second kappa shape index (κ2) is 14.3. The quantitative estimate of drug-likeness (QED) is 0.149. The van der Waals surface area contributed by atoms with Crippen molar-refractivity contribution in [1.29, 1.82) is 0 Å². The smallest absolute Gasteiger partial charge is 0.491 e. The molecule has 10 nitrogen and oxygen atoms in total. The number of alkyl halides is 3. The maximum atomic E-state index is 15.1. The Morgan fingerprint density at radius 1 is 0.957 bits per heavy atom. The van der Waals surface area contributed by atoms with Gasteiger partial charge in [-0.3, -0.25) is 14.6 Å². The van der Waals surface area contributed by atoms with Crippen LogP contribution >= 0.6 is 0 Å². The van der Waals surface area contributed by atoms with Crippen molar-refractivity contribution in [3.63, 3.8) is 0 Å². The highest BCUT2D eigenvalue weighted by Gasteiger charge is 2.31. The number of piperidine rings is 1. The maximum absolute atomic E-state index is 15.1. The number of pyridine rings is 1. The SMILES string of the molecule is COc1c(OCC2CCNCC2)ccc2c(Oc3ccc(NC(=O)C(=O)NCc4ccc(OC(F)(F)F)cc4)cc3F)ccnc12. The van der Waals surface area contributed by atoms with Crippen molar-refractivity contribution >= 4 is 28.4 Å². The molecular weight excluding hydrogens is 612 g/mol. The normalized spacial score (nSPS) is 13.6. The van der Waals surface area contributed by atoms with Crippen molar-refractivity contribution in [2.75, 3.05) is 32.1 Å². The van der Waals surface area contributed by atoms with E-state index in [9.17, 15) is 22.8 Å². The summed E-state index contributed by atoms with van der Waals surface area (Å²) in [7, 11) is 1.52. The molecule has 0 radical (unpaired) electrons. The number of methoxy groups -OCH3 is 1. The summed E-state index contributed by atoms with van der Waals surface area (Å²) in [6.45, 7) is 2.32. The number of nitrogens with one attached hydrogen (secondary N) is 3. The van der Waals surface area contributed by atoms with Crippen LogP contribution in [-0.2, 0) is 16.1 Å². The van der Waals surface area contributed by atoms with E-state index in [4.69, 9.17) is 14.2 Å². The molecule has 0 unspecified atom stereocenters. The average molecular weight is 643 g/mol. The van der Waals surface area contributed by atoms with Gasteiger partial charge in [0.1, 0.15) is 17.0 Å². The lowest BCUT2D eigenvalue weighted by Crippen LogP contribution is -2.34. The monoisotopic (exact) mass is 642 g/mol. The van der Waals surface area contributed by atoms with Gasteiger partial charge in [0, 0.05) is 29.9 Å². The topological polar surface area (TPSA) is 120 Å². The van der Waals surface area contributed by atoms with Crippen molar-refractivity contribution in [1.82, 2.24) is 15.6 Å². The van der Waals surface area contributed by atoms with Gasteiger partial charge in [0.15, 0.2) is 23.1 Å². The third-order valence-electron chi connectivity index (χ3n) is 7.15. The number of carbonyl (C=O) groups is 2. The van der Waals surface area contributed by atoms with E-state index in [1.54, 1.807) is 18.2 Å². The average Bonchev–Trinajstić information content (AvgIpc) is 3.04. The highest BCUT2D eigenvalue weighted by molar-refractivity contribution is 6.39. The molecule has 0 bridgehead atoms. The first-order valence-electron chi connectivity index (χ1n) is 14.3. The predicted molar refractivity (Wildman–Crippen MR) is 159 cm³/mol. The Labute approximate surface area is 261 Å². The molecular formula is C32H30F4N4O6. The van der Waals surface area contributed by atoms with Gasteiger partial charge < -0.3 is 34.9 Å². The van der Waals surface area contributed by atoms with E-state index < -0.39 is 29.7 Å². The van der Waals surface area contributed by atoms with Gasteiger partial charge in [-0.15, -0.1) is 13.2 Å². The van der Waals surface area contributed by atoms with E-state index in [-0.39, 0.29) is 18.0 Å². The lowest BCUT2D eigenvalue weighted by molar-refractivity contribution is -0.274. The Morgan fingerprint density at radius 2 is 1.70 bits per heavy atom. The molecule has 14 heteroatoms. The van der Waals surface area contributed by atoms with Crippen LogP contribution in [0, 0.1) is 11.7 Å². The Hall–Kier alpha value is -5.11. The number of rotatable bonds is 10. The van der Waals surface area contributed by atoms with Crippen LogP contribution in [0.15, 0.2) is 66.9 Å². The molecule has 2 amide bonds. The summed E-state index contributed by atoms with van der Waals surface area (Å²) in [5.41, 5.74) is 0.893. The summed E-state index contributed by atoms with van der Waals surface area (Å²) in [6, 6.07) is 13.5. The molecule has 0 atom stereocenters. The van der Waals surface area contributed by atoms with E-state index in [2.05, 4.69) is 25.7 Å². The van der Waals surface area contributed by atoms with E-state index in [1.807, 2.05) is 0 Å². The Balaban J connectivity index is 1.20. The molecule has 1 aromatic heterocycles. The second-order valence-electron chi connectivity index (χ2n) is 10.4. The fourth-order valence-corrected chi connectivity index (χ4v) is 4.84. The summed E-state index contributed by atoms with van der Waals surface area (Å²) < 4.78 is 73.3. The van der Waals surface area contributed by atoms with Gasteiger partial charge in [-0.05, 0) is 79.9 Å². The molecule has 5 rings (SSSR count). The first-order valence-corrected chi connectivity index (χ1v) is 14.3. The fraction of sp³-hybridized carbons (Fsp3) is 0.281. The van der Waals surface area contributed by atoms with Crippen molar-refractivity contribution in [3.05, 3.63) is 78.2 Å². The second-order valence-corrected chi connectivity index (χ2v) is 10.4. The van der Waals surface area contributed by atoms with Gasteiger partial charge in [-0.1, -0.05) is 12.1 Å². The van der Waals surface area contributed by atoms with Crippen LogP contribution in [0.1, 0.15) is 18.4 Å². The standard InChI is InChI=1S/C32H30F4N4O6/c1-43-29-27(44-18-20-10-13-37-14-11-20)9-7-23-25(12-15-38-28(23)29)45-26-8-4-21(16-24(26)33)40-31(42)30(41)39-17-19-2-5-22(6-3-19)46-32(34,35)36/h2-9,12,15-16,20,37H,10-11,13-14,17-18H2,1H3,(H,39,41)(H,40,42). The van der Waals surface area contributed by atoms with Crippen LogP contribution in [0.4, 0.5) is 23.2 Å².